The topological polar surface area (TPSA) is 52.6 Å². The molecule has 1 fully saturated rings. The molecule has 1 rings (SSSR count). The molecule has 2 N–H and O–H groups in total. The first kappa shape index (κ1) is 12.0. The Labute approximate surface area is 104 Å². The maximum absolute atomic E-state index is 11.1. The second kappa shape index (κ2) is 5.12. The van der Waals surface area contributed by atoms with Crippen molar-refractivity contribution in [3.05, 3.63) is 0 Å². The molecule has 0 aromatic carbocycles. The molecule has 76 valence electrons. The molecule has 0 aromatic rings. The molecular formula is C6H12I2N2O2Si. The highest BCUT2D eigenvalue weighted by atomic mass is 127. The molecule has 1 heterocycles. The van der Waals surface area contributed by atoms with E-state index < -0.39 is 3.31 Å². The normalized spacial score (nSPS) is 17.8. The number of halogens is 2. The van der Waals surface area contributed by atoms with Gasteiger partial charge in [-0.3, -0.25) is 0 Å². The minimum atomic E-state index is -1.97. The third-order valence-electron chi connectivity index (χ3n) is 1.85. The highest BCUT2D eigenvalue weighted by molar-refractivity contribution is 14.3. The van der Waals surface area contributed by atoms with E-state index in [4.69, 9.17) is 0 Å². The van der Waals surface area contributed by atoms with Crippen molar-refractivity contribution in [2.24, 2.45) is 0 Å². The molecule has 1 aliphatic rings. The SMILES string of the molecule is O=C1NCCN1CCC[Si](O)(I)I. The summed E-state index contributed by atoms with van der Waals surface area (Å²) in [5.41, 5.74) is 0. The number of hydrogen-bond acceptors (Lipinski definition) is 2. The van der Waals surface area contributed by atoms with Gasteiger partial charge in [-0.1, -0.05) is 43.6 Å². The number of carbonyl (C=O) groups is 1. The largest absolute Gasteiger partial charge is 0.416 e. The van der Waals surface area contributed by atoms with Crippen molar-refractivity contribution in [1.29, 1.82) is 0 Å². The monoisotopic (exact) mass is 426 g/mol. The smallest absolute Gasteiger partial charge is 0.322 e. The van der Waals surface area contributed by atoms with Crippen LogP contribution in [-0.2, 0) is 0 Å². The van der Waals surface area contributed by atoms with Gasteiger partial charge in [0, 0.05) is 19.6 Å². The van der Waals surface area contributed by atoms with Gasteiger partial charge in [-0.2, -0.15) is 0 Å². The molecule has 13 heavy (non-hydrogen) atoms. The number of urea groups is 1. The van der Waals surface area contributed by atoms with Crippen molar-refractivity contribution in [3.63, 3.8) is 0 Å². The summed E-state index contributed by atoms with van der Waals surface area (Å²) in [6, 6.07) is 0.880. The Morgan fingerprint density at radius 2 is 2.31 bits per heavy atom. The summed E-state index contributed by atoms with van der Waals surface area (Å²) >= 11 is 4.26. The lowest BCUT2D eigenvalue weighted by Gasteiger charge is -2.15. The molecular weight excluding hydrogens is 414 g/mol. The quantitative estimate of drug-likeness (QED) is 0.404. The van der Waals surface area contributed by atoms with Crippen molar-refractivity contribution < 1.29 is 9.59 Å². The summed E-state index contributed by atoms with van der Waals surface area (Å²) in [7, 11) is 0. The second-order valence-corrected chi connectivity index (χ2v) is 21.7. The van der Waals surface area contributed by atoms with Gasteiger partial charge >= 0.3 is 9.34 Å². The Bertz CT molecular complexity index is 198. The van der Waals surface area contributed by atoms with Crippen LogP contribution in [0.3, 0.4) is 0 Å². The van der Waals surface area contributed by atoms with Crippen LogP contribution in [-0.4, -0.2) is 38.7 Å². The van der Waals surface area contributed by atoms with Crippen molar-refractivity contribution in [1.82, 2.24) is 10.2 Å². The minimum absolute atomic E-state index is 0.0344. The number of carbonyl (C=O) groups excluding carboxylic acids is 1. The molecule has 0 saturated carbocycles. The van der Waals surface area contributed by atoms with Crippen molar-refractivity contribution in [2.45, 2.75) is 12.5 Å². The van der Waals surface area contributed by atoms with E-state index in [2.05, 4.69) is 48.9 Å². The second-order valence-electron chi connectivity index (χ2n) is 2.99. The van der Waals surface area contributed by atoms with Crippen LogP contribution >= 0.6 is 43.6 Å². The summed E-state index contributed by atoms with van der Waals surface area (Å²) in [6.07, 6.45) is 0.905. The highest BCUT2D eigenvalue weighted by Crippen LogP contribution is 2.24. The summed E-state index contributed by atoms with van der Waals surface area (Å²) in [5.74, 6) is 0. The zero-order valence-corrected chi connectivity index (χ0v) is 12.4. The standard InChI is InChI=1S/C6H12I2N2O2Si/c7-13(8,12)5-1-3-10-4-2-9-6(10)11/h12H,1-5H2,(H,9,11). The predicted molar refractivity (Wildman–Crippen MR) is 70.4 cm³/mol. The summed E-state index contributed by atoms with van der Waals surface area (Å²) in [4.78, 5) is 22.4. The number of rotatable bonds is 4. The maximum atomic E-state index is 11.1. The lowest BCUT2D eigenvalue weighted by molar-refractivity contribution is 0.217. The summed E-state index contributed by atoms with van der Waals surface area (Å²) in [6.45, 7) is 2.34. The van der Waals surface area contributed by atoms with Crippen molar-refractivity contribution in [2.75, 3.05) is 19.6 Å². The number of hydrogen-bond donors (Lipinski definition) is 2. The van der Waals surface area contributed by atoms with E-state index in [0.29, 0.717) is 0 Å². The lowest BCUT2D eigenvalue weighted by Crippen LogP contribution is -2.30. The highest BCUT2D eigenvalue weighted by Gasteiger charge is 2.24. The van der Waals surface area contributed by atoms with E-state index >= 15 is 0 Å². The van der Waals surface area contributed by atoms with Crippen LogP contribution < -0.4 is 5.32 Å². The summed E-state index contributed by atoms with van der Waals surface area (Å²) in [5, 5.41) is 2.75. The van der Waals surface area contributed by atoms with Crippen LogP contribution in [0.15, 0.2) is 0 Å². The van der Waals surface area contributed by atoms with Gasteiger partial charge in [-0.25, -0.2) is 4.79 Å². The molecule has 0 aliphatic carbocycles. The van der Waals surface area contributed by atoms with Gasteiger partial charge in [0.2, 0.25) is 0 Å². The molecule has 0 radical (unpaired) electrons. The molecule has 2 amide bonds. The van der Waals surface area contributed by atoms with Crippen LogP contribution in [0.25, 0.3) is 0 Å². The Kier molecular flexibility index (Phi) is 4.72. The fourth-order valence-electron chi connectivity index (χ4n) is 1.21. The molecule has 0 atom stereocenters. The van der Waals surface area contributed by atoms with Gasteiger partial charge in [-0.15, -0.1) is 0 Å². The number of amides is 2. The van der Waals surface area contributed by atoms with Crippen LogP contribution in [0.2, 0.25) is 6.04 Å². The summed E-state index contributed by atoms with van der Waals surface area (Å²) < 4.78 is -1.97. The van der Waals surface area contributed by atoms with Gasteiger partial charge in [0.05, 0.1) is 0 Å². The first-order valence-electron chi connectivity index (χ1n) is 4.12. The van der Waals surface area contributed by atoms with E-state index in [9.17, 15) is 9.59 Å². The number of nitrogens with one attached hydrogen (secondary N) is 1. The van der Waals surface area contributed by atoms with Crippen molar-refractivity contribution >= 4 is 52.9 Å². The lowest BCUT2D eigenvalue weighted by atomic mass is 10.4. The van der Waals surface area contributed by atoms with E-state index in [1.54, 1.807) is 4.90 Å². The van der Waals surface area contributed by atoms with Crippen LogP contribution in [0.1, 0.15) is 6.42 Å². The molecule has 1 saturated heterocycles. The Hall–Kier alpha value is 0.907. The Morgan fingerprint density at radius 1 is 1.62 bits per heavy atom. The van der Waals surface area contributed by atoms with Gasteiger partial charge in [0.15, 0.2) is 0 Å². The predicted octanol–water partition coefficient (Wildman–Crippen LogP) is 1.20. The zero-order valence-electron chi connectivity index (χ0n) is 7.09. The van der Waals surface area contributed by atoms with Gasteiger partial charge < -0.3 is 15.0 Å². The number of nitrogens with zero attached hydrogens (tertiary/aromatic N) is 1. The zero-order chi connectivity index (χ0) is 9.90. The average Bonchev–Trinajstić information content (AvgIpc) is 2.34. The van der Waals surface area contributed by atoms with Gasteiger partial charge in [-0.05, 0) is 12.5 Å². The molecule has 7 heteroatoms. The third kappa shape index (κ3) is 4.79. The first-order chi connectivity index (χ1) is 5.99. The molecule has 4 nitrogen and oxygen atoms in total. The van der Waals surface area contributed by atoms with E-state index in [-0.39, 0.29) is 6.03 Å². The van der Waals surface area contributed by atoms with Gasteiger partial charge in [0.25, 0.3) is 0 Å². The molecule has 1 aliphatic heterocycles. The Balaban J connectivity index is 2.16. The fraction of sp³-hybridized carbons (Fsp3) is 0.833. The fourth-order valence-corrected chi connectivity index (χ4v) is 4.08. The van der Waals surface area contributed by atoms with E-state index in [0.717, 1.165) is 32.1 Å². The minimum Gasteiger partial charge on any atom is -0.416 e. The van der Waals surface area contributed by atoms with Crippen molar-refractivity contribution in [3.8, 4) is 0 Å². The third-order valence-corrected chi connectivity index (χ3v) is 6.04. The van der Waals surface area contributed by atoms with Crippen LogP contribution in [0, 0.1) is 0 Å². The van der Waals surface area contributed by atoms with Crippen LogP contribution in [0.4, 0.5) is 4.79 Å². The average molecular weight is 426 g/mol. The molecule has 0 bridgehead atoms. The first-order valence-corrected chi connectivity index (χ1v) is 12.5. The van der Waals surface area contributed by atoms with E-state index in [1.165, 1.54) is 0 Å². The van der Waals surface area contributed by atoms with Crippen LogP contribution in [0.5, 0.6) is 0 Å². The van der Waals surface area contributed by atoms with E-state index in [1.807, 2.05) is 0 Å². The Morgan fingerprint density at radius 3 is 2.77 bits per heavy atom. The van der Waals surface area contributed by atoms with Gasteiger partial charge in [0.1, 0.15) is 0 Å². The molecule has 0 aromatic heterocycles. The molecule has 0 spiro atoms. The molecule has 0 unspecified atom stereocenters. The maximum Gasteiger partial charge on any atom is 0.322 e.